The standard InChI is InChI=1S/C20H30N4O8S/c1-29-17-13-14(7-9-18(25)30-11-2-3-12-31-24(27)28)6-8-16(17)32-19(26)15(21)5-4-10-23-20(22)33/h6-9,13,15,27-28H,2-5,10-12,21H2,1H3,(H3,22,23,33)/b9-7+. The lowest BCUT2D eigenvalue weighted by atomic mass is 10.1. The zero-order valence-corrected chi connectivity index (χ0v) is 19.1. The van der Waals surface area contributed by atoms with Gasteiger partial charge in [0.2, 0.25) is 0 Å². The number of benzene rings is 1. The van der Waals surface area contributed by atoms with E-state index in [1.165, 1.54) is 25.3 Å². The molecule has 7 N–H and O–H groups in total. The number of unbranched alkanes of at least 4 members (excludes halogenated alkanes) is 1. The van der Waals surface area contributed by atoms with Gasteiger partial charge in [-0.25, -0.2) is 9.59 Å². The summed E-state index contributed by atoms with van der Waals surface area (Å²) in [5.41, 5.74) is 11.8. The molecule has 0 aliphatic heterocycles. The zero-order valence-electron chi connectivity index (χ0n) is 18.3. The first-order valence-electron chi connectivity index (χ1n) is 10.1. The van der Waals surface area contributed by atoms with Crippen LogP contribution < -0.4 is 26.3 Å². The normalized spacial score (nSPS) is 11.9. The second-order valence-electron chi connectivity index (χ2n) is 6.67. The van der Waals surface area contributed by atoms with Crippen LogP contribution >= 0.6 is 12.2 Å². The van der Waals surface area contributed by atoms with Gasteiger partial charge in [-0.05, 0) is 61.7 Å². The fourth-order valence-corrected chi connectivity index (χ4v) is 2.55. The lowest BCUT2D eigenvalue weighted by molar-refractivity contribution is -0.492. The first kappa shape index (κ1) is 28.2. The van der Waals surface area contributed by atoms with Crippen molar-refractivity contribution in [3.8, 4) is 11.5 Å². The predicted octanol–water partition coefficient (Wildman–Crippen LogP) is 0.890. The Kier molecular flexibility index (Phi) is 13.6. The van der Waals surface area contributed by atoms with Gasteiger partial charge < -0.3 is 31.0 Å². The molecular formula is C20H30N4O8S. The fourth-order valence-electron chi connectivity index (χ4n) is 2.44. The SMILES string of the molecule is COc1cc(/C=C/C(=O)OCCCCON(O)O)ccc1OC(=O)C(N)CCCNC(N)=S. The summed E-state index contributed by atoms with van der Waals surface area (Å²) < 4.78 is 15.6. The van der Waals surface area contributed by atoms with Crippen LogP contribution in [-0.4, -0.2) is 65.8 Å². The second kappa shape index (κ2) is 15.9. The van der Waals surface area contributed by atoms with Crippen LogP contribution in [0.25, 0.3) is 6.08 Å². The van der Waals surface area contributed by atoms with Crippen molar-refractivity contribution >= 4 is 35.3 Å². The van der Waals surface area contributed by atoms with Crippen molar-refractivity contribution < 1.29 is 39.1 Å². The molecule has 0 saturated heterocycles. The van der Waals surface area contributed by atoms with Gasteiger partial charge in [-0.1, -0.05) is 6.07 Å². The number of nitrogens with two attached hydrogens (primary N) is 2. The third-order valence-electron chi connectivity index (χ3n) is 4.09. The third-order valence-corrected chi connectivity index (χ3v) is 4.24. The van der Waals surface area contributed by atoms with Crippen LogP contribution in [0.15, 0.2) is 24.3 Å². The minimum Gasteiger partial charge on any atom is -0.493 e. The largest absolute Gasteiger partial charge is 0.493 e. The highest BCUT2D eigenvalue weighted by molar-refractivity contribution is 7.80. The summed E-state index contributed by atoms with van der Waals surface area (Å²) in [6.45, 7) is 0.725. The molecule has 13 heteroatoms. The molecule has 1 rings (SSSR count). The van der Waals surface area contributed by atoms with E-state index < -0.39 is 18.0 Å². The van der Waals surface area contributed by atoms with Crippen molar-refractivity contribution in [2.45, 2.75) is 31.7 Å². The number of rotatable bonds is 15. The van der Waals surface area contributed by atoms with E-state index in [0.29, 0.717) is 43.5 Å². The average Bonchev–Trinajstić information content (AvgIpc) is 2.77. The van der Waals surface area contributed by atoms with E-state index >= 15 is 0 Å². The van der Waals surface area contributed by atoms with Crippen molar-refractivity contribution in [2.75, 3.05) is 26.9 Å². The highest BCUT2D eigenvalue weighted by atomic mass is 32.1. The number of methoxy groups -OCH3 is 1. The Balaban J connectivity index is 2.51. The molecule has 33 heavy (non-hydrogen) atoms. The monoisotopic (exact) mass is 486 g/mol. The van der Waals surface area contributed by atoms with E-state index in [4.69, 9.17) is 48.3 Å². The van der Waals surface area contributed by atoms with Gasteiger partial charge in [0.05, 0.1) is 25.7 Å². The Morgan fingerprint density at radius 3 is 2.61 bits per heavy atom. The van der Waals surface area contributed by atoms with Crippen LogP contribution in [0.4, 0.5) is 0 Å². The van der Waals surface area contributed by atoms with Crippen LogP contribution in [0.3, 0.4) is 0 Å². The van der Waals surface area contributed by atoms with Gasteiger partial charge in [-0.2, -0.15) is 0 Å². The molecule has 1 aromatic carbocycles. The number of hydrogen-bond donors (Lipinski definition) is 5. The summed E-state index contributed by atoms with van der Waals surface area (Å²) in [6, 6.07) is 3.94. The van der Waals surface area contributed by atoms with E-state index in [1.54, 1.807) is 12.1 Å². The molecule has 0 aliphatic rings. The molecule has 184 valence electrons. The fraction of sp³-hybridized carbons (Fsp3) is 0.450. The molecule has 0 saturated carbocycles. The number of hydrogen-bond acceptors (Lipinski definition) is 11. The van der Waals surface area contributed by atoms with Gasteiger partial charge in [0.1, 0.15) is 6.04 Å². The number of ether oxygens (including phenoxy) is 3. The molecule has 12 nitrogen and oxygen atoms in total. The van der Waals surface area contributed by atoms with Crippen molar-refractivity contribution in [3.05, 3.63) is 29.8 Å². The van der Waals surface area contributed by atoms with E-state index in [1.807, 2.05) is 0 Å². The molecule has 1 aromatic rings. The molecule has 0 bridgehead atoms. The number of nitrogens with zero attached hydrogens (tertiary/aromatic N) is 1. The summed E-state index contributed by atoms with van der Waals surface area (Å²) in [5.74, 6) is -0.660. The van der Waals surface area contributed by atoms with Gasteiger partial charge in [0.25, 0.3) is 0 Å². The lowest BCUT2D eigenvalue weighted by Gasteiger charge is -2.14. The van der Waals surface area contributed by atoms with Crippen molar-refractivity contribution in [1.82, 2.24) is 10.7 Å². The maximum absolute atomic E-state index is 12.2. The van der Waals surface area contributed by atoms with Gasteiger partial charge in [0, 0.05) is 12.6 Å². The van der Waals surface area contributed by atoms with Crippen LogP contribution in [-0.2, 0) is 19.2 Å². The van der Waals surface area contributed by atoms with Gasteiger partial charge in [-0.3, -0.25) is 15.3 Å². The minimum atomic E-state index is -0.824. The highest BCUT2D eigenvalue weighted by Crippen LogP contribution is 2.29. The van der Waals surface area contributed by atoms with E-state index in [-0.39, 0.29) is 29.5 Å². The number of carbonyl (C=O) groups excluding carboxylic acids is 2. The first-order valence-corrected chi connectivity index (χ1v) is 10.5. The van der Waals surface area contributed by atoms with Crippen LogP contribution in [0, 0.1) is 0 Å². The van der Waals surface area contributed by atoms with E-state index in [9.17, 15) is 9.59 Å². The topological polar surface area (TPSA) is 179 Å². The molecule has 0 spiro atoms. The zero-order chi connectivity index (χ0) is 24.6. The van der Waals surface area contributed by atoms with E-state index in [0.717, 1.165) is 0 Å². The van der Waals surface area contributed by atoms with Gasteiger partial charge in [0.15, 0.2) is 16.6 Å². The number of carbonyl (C=O) groups is 2. The quantitative estimate of drug-likeness (QED) is 0.0590. The van der Waals surface area contributed by atoms with Gasteiger partial charge >= 0.3 is 11.9 Å². The Hall–Kier alpha value is -2.81. The Labute approximate surface area is 196 Å². The molecule has 1 unspecified atom stereocenters. The Bertz CT molecular complexity index is 806. The van der Waals surface area contributed by atoms with E-state index in [2.05, 4.69) is 10.2 Å². The number of esters is 2. The molecule has 0 aliphatic carbocycles. The van der Waals surface area contributed by atoms with Crippen LogP contribution in [0.1, 0.15) is 31.2 Å². The summed E-state index contributed by atoms with van der Waals surface area (Å²) in [4.78, 5) is 28.4. The summed E-state index contributed by atoms with van der Waals surface area (Å²) >= 11 is 4.70. The number of nitrogens with one attached hydrogen (secondary N) is 1. The maximum atomic E-state index is 12.2. The molecule has 0 aromatic heterocycles. The molecule has 0 amide bonds. The third kappa shape index (κ3) is 12.7. The lowest BCUT2D eigenvalue weighted by Crippen LogP contribution is -2.36. The van der Waals surface area contributed by atoms with Crippen LogP contribution in [0.2, 0.25) is 0 Å². The minimum absolute atomic E-state index is 0.0716. The Morgan fingerprint density at radius 1 is 1.21 bits per heavy atom. The maximum Gasteiger partial charge on any atom is 0.330 e. The first-order chi connectivity index (χ1) is 15.7. The highest BCUT2D eigenvalue weighted by Gasteiger charge is 2.18. The average molecular weight is 487 g/mol. The van der Waals surface area contributed by atoms with Crippen molar-refractivity contribution in [2.24, 2.45) is 11.5 Å². The smallest absolute Gasteiger partial charge is 0.330 e. The molecule has 0 heterocycles. The molecule has 1 atom stereocenters. The van der Waals surface area contributed by atoms with Gasteiger partial charge in [-0.15, -0.1) is 0 Å². The summed E-state index contributed by atoms with van der Waals surface area (Å²) in [7, 11) is 1.42. The molecule has 0 fully saturated rings. The summed E-state index contributed by atoms with van der Waals surface area (Å²) in [5, 5.41) is 19.3. The number of thiocarbonyl (C=S) groups is 1. The van der Waals surface area contributed by atoms with Crippen LogP contribution in [0.5, 0.6) is 11.5 Å². The van der Waals surface area contributed by atoms with Crippen molar-refractivity contribution in [1.29, 1.82) is 0 Å². The Morgan fingerprint density at radius 2 is 1.94 bits per heavy atom. The molecule has 0 radical (unpaired) electrons. The predicted molar refractivity (Wildman–Crippen MR) is 121 cm³/mol. The second-order valence-corrected chi connectivity index (χ2v) is 7.10. The summed E-state index contributed by atoms with van der Waals surface area (Å²) in [6.07, 6.45) is 4.69. The van der Waals surface area contributed by atoms with Crippen molar-refractivity contribution in [3.63, 3.8) is 0 Å². The molecular weight excluding hydrogens is 456 g/mol.